The van der Waals surface area contributed by atoms with Crippen molar-refractivity contribution < 1.29 is 27.2 Å². The van der Waals surface area contributed by atoms with Gasteiger partial charge in [0, 0.05) is 12.1 Å². The number of hydrogen-bond acceptors (Lipinski definition) is 6. The normalized spacial score (nSPS) is 15.2. The van der Waals surface area contributed by atoms with E-state index in [2.05, 4.69) is 10.0 Å². The van der Waals surface area contributed by atoms with Gasteiger partial charge in [-0.15, -0.1) is 0 Å². The maximum absolute atomic E-state index is 12.3. The number of ether oxygens (including phenoxy) is 1. The number of esters is 1. The predicted molar refractivity (Wildman–Crippen MR) is 105 cm³/mol. The van der Waals surface area contributed by atoms with Gasteiger partial charge in [0.05, 0.1) is 17.7 Å². The van der Waals surface area contributed by atoms with Crippen LogP contribution in [-0.2, 0) is 30.9 Å². The Labute approximate surface area is 169 Å². The number of carbonyl (C=O) groups excluding carboxylic acids is 2. The molecule has 1 fully saturated rings. The zero-order valence-electron chi connectivity index (χ0n) is 15.8. The monoisotopic (exact) mass is 418 g/mol. The summed E-state index contributed by atoms with van der Waals surface area (Å²) in [5, 5.41) is 2.76. The van der Waals surface area contributed by atoms with E-state index in [1.165, 1.54) is 37.5 Å². The average Bonchev–Trinajstić information content (AvgIpc) is 3.35. The van der Waals surface area contributed by atoms with Crippen LogP contribution in [0.2, 0.25) is 0 Å². The Morgan fingerprint density at radius 2 is 1.97 bits per heavy atom. The maximum atomic E-state index is 12.3. The van der Waals surface area contributed by atoms with Crippen LogP contribution in [0.4, 0.5) is 0 Å². The number of hydrogen-bond donors (Lipinski definition) is 2. The molecule has 2 N–H and O–H groups in total. The Morgan fingerprint density at radius 1 is 1.24 bits per heavy atom. The molecule has 0 unspecified atom stereocenters. The number of sulfonamides is 1. The summed E-state index contributed by atoms with van der Waals surface area (Å²) in [5.74, 6) is -0.460. The summed E-state index contributed by atoms with van der Waals surface area (Å²) < 4.78 is 37.2. The van der Waals surface area contributed by atoms with E-state index in [-0.39, 0.29) is 23.4 Å². The van der Waals surface area contributed by atoms with Gasteiger partial charge < -0.3 is 14.5 Å². The van der Waals surface area contributed by atoms with Crippen molar-refractivity contribution >= 4 is 28.0 Å². The Morgan fingerprint density at radius 3 is 2.59 bits per heavy atom. The number of carbonyl (C=O) groups is 2. The number of rotatable bonds is 9. The zero-order valence-corrected chi connectivity index (χ0v) is 16.6. The number of nitrogens with one attached hydrogen (secondary N) is 2. The van der Waals surface area contributed by atoms with Crippen LogP contribution in [0.15, 0.2) is 58.1 Å². The molecule has 1 aliphatic carbocycles. The Kier molecular flexibility index (Phi) is 6.50. The Hall–Kier alpha value is -2.91. The van der Waals surface area contributed by atoms with Crippen LogP contribution >= 0.6 is 0 Å². The lowest BCUT2D eigenvalue weighted by Gasteiger charge is -2.11. The molecular weight excluding hydrogens is 396 g/mol. The van der Waals surface area contributed by atoms with Crippen LogP contribution in [0.25, 0.3) is 6.08 Å². The topological polar surface area (TPSA) is 115 Å². The second-order valence-electron chi connectivity index (χ2n) is 6.67. The molecule has 1 aliphatic rings. The molecule has 0 spiro atoms. The minimum atomic E-state index is -3.68. The quantitative estimate of drug-likeness (QED) is 0.475. The van der Waals surface area contributed by atoms with Gasteiger partial charge in [0.25, 0.3) is 5.91 Å². The molecule has 1 saturated carbocycles. The molecule has 1 heterocycles. The molecule has 0 bridgehead atoms. The van der Waals surface area contributed by atoms with E-state index in [1.54, 1.807) is 24.3 Å². The number of furan rings is 1. The summed E-state index contributed by atoms with van der Waals surface area (Å²) in [7, 11) is -3.68. The van der Waals surface area contributed by atoms with Crippen molar-refractivity contribution in [3.63, 3.8) is 0 Å². The standard InChI is InChI=1S/C20H22N2O6S/c1-14(20(24)22-16-7-8-16)28-19(23)11-6-15-4-9-18(10-5-15)29(25,26)21-13-17-3-2-12-27-17/h2-6,9-12,14,16,21H,7-8,13H2,1H3,(H,22,24)/b11-6+/t14-/m1/s1. The largest absolute Gasteiger partial charge is 0.468 e. The SMILES string of the molecule is C[C@@H](OC(=O)/C=C/c1ccc(S(=O)(=O)NCc2ccco2)cc1)C(=O)NC1CC1. The second-order valence-corrected chi connectivity index (χ2v) is 8.44. The first kappa shape index (κ1) is 20.8. The average molecular weight is 418 g/mol. The van der Waals surface area contributed by atoms with E-state index in [0.29, 0.717) is 11.3 Å². The highest BCUT2D eigenvalue weighted by Crippen LogP contribution is 2.19. The van der Waals surface area contributed by atoms with Crippen LogP contribution < -0.4 is 10.0 Å². The summed E-state index contributed by atoms with van der Waals surface area (Å²) in [4.78, 5) is 23.7. The Bertz CT molecular complexity index is 976. The molecule has 3 rings (SSSR count). The lowest BCUT2D eigenvalue weighted by Crippen LogP contribution is -2.36. The first-order valence-corrected chi connectivity index (χ1v) is 10.6. The minimum absolute atomic E-state index is 0.0509. The molecule has 1 aromatic heterocycles. The minimum Gasteiger partial charge on any atom is -0.468 e. The van der Waals surface area contributed by atoms with E-state index < -0.39 is 22.1 Å². The van der Waals surface area contributed by atoms with E-state index >= 15 is 0 Å². The summed E-state index contributed by atoms with van der Waals surface area (Å²) in [6.07, 6.45) is 5.18. The van der Waals surface area contributed by atoms with Crippen LogP contribution in [0, 0.1) is 0 Å². The van der Waals surface area contributed by atoms with Crippen LogP contribution in [0.3, 0.4) is 0 Å². The van der Waals surface area contributed by atoms with Crippen molar-refractivity contribution in [3.05, 3.63) is 60.1 Å². The van der Waals surface area contributed by atoms with Gasteiger partial charge in [-0.1, -0.05) is 12.1 Å². The summed E-state index contributed by atoms with van der Waals surface area (Å²) in [5.41, 5.74) is 0.613. The van der Waals surface area contributed by atoms with Gasteiger partial charge in [-0.3, -0.25) is 4.79 Å². The van der Waals surface area contributed by atoms with Gasteiger partial charge in [0.15, 0.2) is 6.10 Å². The predicted octanol–water partition coefficient (Wildman–Crippen LogP) is 1.98. The molecule has 1 aromatic carbocycles. The first-order chi connectivity index (χ1) is 13.8. The third kappa shape index (κ3) is 6.30. The van der Waals surface area contributed by atoms with Gasteiger partial charge in [0.2, 0.25) is 10.0 Å². The fourth-order valence-corrected chi connectivity index (χ4v) is 3.39. The van der Waals surface area contributed by atoms with Gasteiger partial charge in [0.1, 0.15) is 5.76 Å². The lowest BCUT2D eigenvalue weighted by molar-refractivity contribution is -0.150. The maximum Gasteiger partial charge on any atom is 0.331 e. The molecular formula is C20H22N2O6S. The second kappa shape index (κ2) is 9.06. The highest BCUT2D eigenvalue weighted by molar-refractivity contribution is 7.89. The smallest absolute Gasteiger partial charge is 0.331 e. The highest BCUT2D eigenvalue weighted by atomic mass is 32.2. The van der Waals surface area contributed by atoms with E-state index in [1.807, 2.05) is 0 Å². The van der Waals surface area contributed by atoms with E-state index in [9.17, 15) is 18.0 Å². The van der Waals surface area contributed by atoms with Gasteiger partial charge in [-0.05, 0) is 55.7 Å². The molecule has 1 atom stereocenters. The fourth-order valence-electron chi connectivity index (χ4n) is 2.40. The zero-order chi connectivity index (χ0) is 20.9. The molecule has 0 saturated heterocycles. The first-order valence-electron chi connectivity index (χ1n) is 9.15. The van der Waals surface area contributed by atoms with Gasteiger partial charge in [-0.2, -0.15) is 0 Å². The lowest BCUT2D eigenvalue weighted by atomic mass is 10.2. The molecule has 0 aliphatic heterocycles. The number of amides is 1. The van der Waals surface area contributed by atoms with Crippen molar-refractivity contribution in [2.45, 2.75) is 43.4 Å². The third-order valence-corrected chi connectivity index (χ3v) is 5.62. The fraction of sp³-hybridized carbons (Fsp3) is 0.300. The number of benzene rings is 1. The molecule has 154 valence electrons. The van der Waals surface area contributed by atoms with Gasteiger partial charge in [-0.25, -0.2) is 17.9 Å². The van der Waals surface area contributed by atoms with Crippen molar-refractivity contribution in [1.82, 2.24) is 10.0 Å². The molecule has 1 amide bonds. The molecule has 29 heavy (non-hydrogen) atoms. The van der Waals surface area contributed by atoms with Crippen molar-refractivity contribution in [2.24, 2.45) is 0 Å². The van der Waals surface area contributed by atoms with Crippen LogP contribution in [-0.4, -0.2) is 32.4 Å². The summed E-state index contributed by atoms with van der Waals surface area (Å²) >= 11 is 0. The van der Waals surface area contributed by atoms with E-state index in [0.717, 1.165) is 12.8 Å². The molecule has 9 heteroatoms. The van der Waals surface area contributed by atoms with Crippen molar-refractivity contribution in [2.75, 3.05) is 0 Å². The van der Waals surface area contributed by atoms with Crippen LogP contribution in [0.1, 0.15) is 31.1 Å². The summed E-state index contributed by atoms with van der Waals surface area (Å²) in [6.45, 7) is 1.56. The van der Waals surface area contributed by atoms with Gasteiger partial charge >= 0.3 is 5.97 Å². The van der Waals surface area contributed by atoms with Crippen molar-refractivity contribution in [3.8, 4) is 0 Å². The van der Waals surface area contributed by atoms with Crippen LogP contribution in [0.5, 0.6) is 0 Å². The Balaban J connectivity index is 1.52. The third-order valence-electron chi connectivity index (χ3n) is 4.20. The molecule has 8 nitrogen and oxygen atoms in total. The molecule has 0 radical (unpaired) electrons. The summed E-state index contributed by atoms with van der Waals surface area (Å²) in [6, 6.07) is 9.54. The highest BCUT2D eigenvalue weighted by Gasteiger charge is 2.26. The van der Waals surface area contributed by atoms with E-state index in [4.69, 9.17) is 9.15 Å². The van der Waals surface area contributed by atoms with Crippen molar-refractivity contribution in [1.29, 1.82) is 0 Å². The molecule has 2 aromatic rings.